The second-order valence-electron chi connectivity index (χ2n) is 5.89. The van der Waals surface area contributed by atoms with Crippen LogP contribution in [0.2, 0.25) is 0 Å². The van der Waals surface area contributed by atoms with Crippen molar-refractivity contribution >= 4 is 17.2 Å². The maximum atomic E-state index is 12.3. The largest absolute Gasteiger partial charge is 0.486 e. The minimum atomic E-state index is -0.0409. The van der Waals surface area contributed by atoms with Crippen molar-refractivity contribution in [2.75, 3.05) is 27.2 Å². The molecule has 0 aliphatic rings. The molecule has 1 amide bonds. The number of nitrogens with one attached hydrogen (secondary N) is 1. The molecule has 5 nitrogen and oxygen atoms in total. The van der Waals surface area contributed by atoms with E-state index in [1.165, 1.54) is 11.3 Å². The predicted molar refractivity (Wildman–Crippen MR) is 97.7 cm³/mol. The van der Waals surface area contributed by atoms with Gasteiger partial charge in [0.05, 0.1) is 5.69 Å². The normalized spacial score (nSPS) is 10.8. The van der Waals surface area contributed by atoms with Crippen molar-refractivity contribution in [1.82, 2.24) is 15.2 Å². The van der Waals surface area contributed by atoms with E-state index in [9.17, 15) is 4.79 Å². The first-order valence-corrected chi connectivity index (χ1v) is 8.95. The van der Waals surface area contributed by atoms with Gasteiger partial charge in [0.15, 0.2) is 0 Å². The molecule has 130 valence electrons. The average Bonchev–Trinajstić information content (AvgIpc) is 2.94. The molecule has 0 aliphatic heterocycles. The fourth-order valence-electron chi connectivity index (χ4n) is 2.22. The van der Waals surface area contributed by atoms with Crippen molar-refractivity contribution in [2.24, 2.45) is 0 Å². The Kier molecular flexibility index (Phi) is 7.21. The summed E-state index contributed by atoms with van der Waals surface area (Å²) in [5.74, 6) is 0.762. The minimum absolute atomic E-state index is 0.0409. The van der Waals surface area contributed by atoms with Gasteiger partial charge in [-0.2, -0.15) is 0 Å². The summed E-state index contributed by atoms with van der Waals surface area (Å²) in [5, 5.41) is 3.79. The Morgan fingerprint density at radius 3 is 2.71 bits per heavy atom. The maximum absolute atomic E-state index is 12.3. The van der Waals surface area contributed by atoms with Crippen molar-refractivity contribution in [3.05, 3.63) is 45.9 Å². The Bertz CT molecular complexity index is 641. The standard InChI is InChI=1S/C18H25N3O2S/c1-14-17(18(22)19-11-7-8-12-21(2)3)24-16(20-14)13-23-15-9-5-4-6-10-15/h4-6,9-10H,7-8,11-13H2,1-3H3,(H,19,22). The summed E-state index contributed by atoms with van der Waals surface area (Å²) in [6.45, 7) is 3.98. The highest BCUT2D eigenvalue weighted by Crippen LogP contribution is 2.20. The van der Waals surface area contributed by atoms with Gasteiger partial charge in [-0.1, -0.05) is 18.2 Å². The third-order valence-corrected chi connectivity index (χ3v) is 4.60. The zero-order valence-corrected chi connectivity index (χ0v) is 15.4. The summed E-state index contributed by atoms with van der Waals surface area (Å²) < 4.78 is 5.69. The fourth-order valence-corrected chi connectivity index (χ4v) is 3.12. The lowest BCUT2D eigenvalue weighted by Crippen LogP contribution is -2.25. The number of hydrogen-bond donors (Lipinski definition) is 1. The second kappa shape index (κ2) is 9.39. The van der Waals surface area contributed by atoms with E-state index >= 15 is 0 Å². The molecule has 6 heteroatoms. The van der Waals surface area contributed by atoms with Gasteiger partial charge in [-0.25, -0.2) is 4.98 Å². The number of aromatic nitrogens is 1. The van der Waals surface area contributed by atoms with Crippen LogP contribution in [0, 0.1) is 6.92 Å². The van der Waals surface area contributed by atoms with E-state index in [1.54, 1.807) is 0 Å². The number of carbonyl (C=O) groups excluding carboxylic acids is 1. The highest BCUT2D eigenvalue weighted by Gasteiger charge is 2.15. The number of ether oxygens (including phenoxy) is 1. The highest BCUT2D eigenvalue weighted by molar-refractivity contribution is 7.13. The van der Waals surface area contributed by atoms with E-state index in [1.807, 2.05) is 37.3 Å². The maximum Gasteiger partial charge on any atom is 0.263 e. The molecule has 0 aliphatic carbocycles. The lowest BCUT2D eigenvalue weighted by atomic mass is 10.3. The van der Waals surface area contributed by atoms with Crippen molar-refractivity contribution in [1.29, 1.82) is 0 Å². The Morgan fingerprint density at radius 2 is 2.00 bits per heavy atom. The Hall–Kier alpha value is -1.92. The number of aryl methyl sites for hydroxylation is 1. The molecule has 2 rings (SSSR count). The molecular weight excluding hydrogens is 322 g/mol. The van der Waals surface area contributed by atoms with Gasteiger partial charge >= 0.3 is 0 Å². The number of rotatable bonds is 9. The third-order valence-electron chi connectivity index (χ3n) is 3.47. The van der Waals surface area contributed by atoms with E-state index in [2.05, 4.69) is 29.3 Å². The highest BCUT2D eigenvalue weighted by atomic mass is 32.1. The molecule has 1 aromatic heterocycles. The van der Waals surface area contributed by atoms with Gasteiger partial charge in [0.2, 0.25) is 0 Å². The molecule has 1 N–H and O–H groups in total. The van der Waals surface area contributed by atoms with Crippen LogP contribution in [0.25, 0.3) is 0 Å². The van der Waals surface area contributed by atoms with Gasteiger partial charge in [-0.3, -0.25) is 4.79 Å². The molecule has 0 unspecified atom stereocenters. The predicted octanol–water partition coefficient (Wildman–Crippen LogP) is 3.10. The summed E-state index contributed by atoms with van der Waals surface area (Å²) in [5.41, 5.74) is 0.762. The van der Waals surface area contributed by atoms with E-state index in [0.29, 0.717) is 18.0 Å². The number of amides is 1. The summed E-state index contributed by atoms with van der Waals surface area (Å²) in [6.07, 6.45) is 2.05. The third kappa shape index (κ3) is 5.94. The molecule has 0 atom stereocenters. The molecule has 0 bridgehead atoms. The van der Waals surface area contributed by atoms with Crippen LogP contribution in [0.15, 0.2) is 30.3 Å². The number of hydrogen-bond acceptors (Lipinski definition) is 5. The van der Waals surface area contributed by atoms with Gasteiger partial charge in [0, 0.05) is 6.54 Å². The number of benzene rings is 1. The summed E-state index contributed by atoms with van der Waals surface area (Å²) in [6, 6.07) is 9.61. The molecular formula is C18H25N3O2S. The first-order valence-electron chi connectivity index (χ1n) is 8.13. The van der Waals surface area contributed by atoms with Crippen molar-refractivity contribution in [3.63, 3.8) is 0 Å². The fraction of sp³-hybridized carbons (Fsp3) is 0.444. The summed E-state index contributed by atoms with van der Waals surface area (Å²) in [4.78, 5) is 19.5. The van der Waals surface area contributed by atoms with Crippen LogP contribution in [-0.2, 0) is 6.61 Å². The van der Waals surface area contributed by atoms with E-state index < -0.39 is 0 Å². The van der Waals surface area contributed by atoms with Crippen LogP contribution in [-0.4, -0.2) is 43.0 Å². The molecule has 0 saturated heterocycles. The first kappa shape index (κ1) is 18.4. The number of para-hydroxylation sites is 1. The Balaban J connectivity index is 1.80. The number of unbranched alkanes of at least 4 members (excludes halogenated alkanes) is 1. The van der Waals surface area contributed by atoms with E-state index in [-0.39, 0.29) is 5.91 Å². The van der Waals surface area contributed by atoms with Gasteiger partial charge in [0.25, 0.3) is 5.91 Å². The van der Waals surface area contributed by atoms with Gasteiger partial charge < -0.3 is 15.0 Å². The lowest BCUT2D eigenvalue weighted by Gasteiger charge is -2.09. The van der Waals surface area contributed by atoms with E-state index in [4.69, 9.17) is 4.74 Å². The van der Waals surface area contributed by atoms with Crippen molar-refractivity contribution in [2.45, 2.75) is 26.4 Å². The summed E-state index contributed by atoms with van der Waals surface area (Å²) >= 11 is 1.40. The van der Waals surface area contributed by atoms with Gasteiger partial charge in [-0.05, 0) is 52.5 Å². The number of carbonyl (C=O) groups is 1. The molecule has 0 saturated carbocycles. The quantitative estimate of drug-likeness (QED) is 0.708. The zero-order chi connectivity index (χ0) is 17.4. The molecule has 24 heavy (non-hydrogen) atoms. The van der Waals surface area contributed by atoms with Crippen molar-refractivity contribution in [3.8, 4) is 5.75 Å². The molecule has 0 fully saturated rings. The molecule has 0 spiro atoms. The first-order chi connectivity index (χ1) is 11.6. The molecule has 1 heterocycles. The molecule has 1 aromatic carbocycles. The van der Waals surface area contributed by atoms with Crippen molar-refractivity contribution < 1.29 is 9.53 Å². The molecule has 2 aromatic rings. The second-order valence-corrected chi connectivity index (χ2v) is 6.97. The number of thiazole rings is 1. The smallest absolute Gasteiger partial charge is 0.263 e. The Morgan fingerprint density at radius 1 is 1.25 bits per heavy atom. The van der Waals surface area contributed by atoms with Crippen LogP contribution in [0.4, 0.5) is 0 Å². The van der Waals surface area contributed by atoms with Crippen LogP contribution < -0.4 is 10.1 Å². The monoisotopic (exact) mass is 347 g/mol. The van der Waals surface area contributed by atoms with Gasteiger partial charge in [-0.15, -0.1) is 11.3 Å². The summed E-state index contributed by atoms with van der Waals surface area (Å²) in [7, 11) is 4.11. The van der Waals surface area contributed by atoms with Crippen LogP contribution in [0.3, 0.4) is 0 Å². The topological polar surface area (TPSA) is 54.5 Å². The van der Waals surface area contributed by atoms with Crippen LogP contribution >= 0.6 is 11.3 Å². The van der Waals surface area contributed by atoms with Crippen LogP contribution in [0.1, 0.15) is 33.2 Å². The van der Waals surface area contributed by atoms with E-state index in [0.717, 1.165) is 35.8 Å². The van der Waals surface area contributed by atoms with Crippen LogP contribution in [0.5, 0.6) is 5.75 Å². The number of nitrogens with zero attached hydrogens (tertiary/aromatic N) is 2. The average molecular weight is 347 g/mol. The lowest BCUT2D eigenvalue weighted by molar-refractivity contribution is 0.0956. The SMILES string of the molecule is Cc1nc(COc2ccccc2)sc1C(=O)NCCCCN(C)C. The Labute approximate surface area is 147 Å². The van der Waals surface area contributed by atoms with Gasteiger partial charge in [0.1, 0.15) is 22.2 Å². The minimum Gasteiger partial charge on any atom is -0.486 e. The molecule has 0 radical (unpaired) electrons. The zero-order valence-electron chi connectivity index (χ0n) is 14.5.